The van der Waals surface area contributed by atoms with Crippen molar-refractivity contribution in [2.75, 3.05) is 7.11 Å². The second-order valence-electron chi connectivity index (χ2n) is 2.56. The van der Waals surface area contributed by atoms with E-state index in [1.165, 1.54) is 5.56 Å². The van der Waals surface area contributed by atoms with Crippen molar-refractivity contribution in [1.82, 2.24) is 0 Å². The number of thiophene rings is 1. The highest BCUT2D eigenvalue weighted by Gasteiger charge is 2.01. The molecule has 1 nitrogen and oxygen atoms in total. The number of methoxy groups -OCH3 is 1. The lowest BCUT2D eigenvalue weighted by Crippen LogP contribution is -1.81. The molecule has 0 aliphatic rings. The molecule has 0 unspecified atom stereocenters. The summed E-state index contributed by atoms with van der Waals surface area (Å²) in [6.45, 7) is 4.36. The summed E-state index contributed by atoms with van der Waals surface area (Å²) >= 11 is 1.66. The van der Waals surface area contributed by atoms with Gasteiger partial charge in [-0.2, -0.15) is 0 Å². The SMILES string of the molecule is COc1cc(C(C)C)cs1. The molecule has 0 aliphatic carbocycles. The number of rotatable bonds is 2. The summed E-state index contributed by atoms with van der Waals surface area (Å²) in [4.78, 5) is 0. The maximum atomic E-state index is 5.06. The highest BCUT2D eigenvalue weighted by molar-refractivity contribution is 7.12. The molecule has 2 heteroatoms. The van der Waals surface area contributed by atoms with Gasteiger partial charge in [0, 0.05) is 0 Å². The summed E-state index contributed by atoms with van der Waals surface area (Å²) in [6.07, 6.45) is 0. The fourth-order valence-electron chi connectivity index (χ4n) is 0.740. The van der Waals surface area contributed by atoms with Crippen LogP contribution in [0.1, 0.15) is 25.3 Å². The van der Waals surface area contributed by atoms with E-state index < -0.39 is 0 Å². The van der Waals surface area contributed by atoms with E-state index in [4.69, 9.17) is 4.74 Å². The third-order valence-corrected chi connectivity index (χ3v) is 2.37. The van der Waals surface area contributed by atoms with Crippen molar-refractivity contribution >= 4 is 11.3 Å². The highest BCUT2D eigenvalue weighted by atomic mass is 32.1. The molecular weight excluding hydrogens is 144 g/mol. The van der Waals surface area contributed by atoms with Crippen LogP contribution in [0.2, 0.25) is 0 Å². The molecule has 0 spiro atoms. The first-order chi connectivity index (χ1) is 4.74. The molecule has 10 heavy (non-hydrogen) atoms. The normalized spacial score (nSPS) is 10.4. The minimum Gasteiger partial charge on any atom is -0.487 e. The van der Waals surface area contributed by atoms with E-state index in [1.807, 2.05) is 0 Å². The van der Waals surface area contributed by atoms with Gasteiger partial charge in [0.05, 0.1) is 7.11 Å². The third kappa shape index (κ3) is 1.51. The molecule has 0 bridgehead atoms. The van der Waals surface area contributed by atoms with Crippen LogP contribution in [0, 0.1) is 0 Å². The Bertz CT molecular complexity index is 203. The summed E-state index contributed by atoms with van der Waals surface area (Å²) in [6, 6.07) is 2.09. The molecule has 0 atom stereocenters. The summed E-state index contributed by atoms with van der Waals surface area (Å²) in [5.41, 5.74) is 1.36. The quantitative estimate of drug-likeness (QED) is 0.639. The van der Waals surface area contributed by atoms with Crippen LogP contribution in [0.25, 0.3) is 0 Å². The van der Waals surface area contributed by atoms with E-state index in [2.05, 4.69) is 25.3 Å². The van der Waals surface area contributed by atoms with Gasteiger partial charge < -0.3 is 4.74 Å². The standard InChI is InChI=1S/C8H12OS/c1-6(2)7-4-8(9-3)10-5-7/h4-6H,1-3H3. The Morgan fingerprint density at radius 3 is 2.50 bits per heavy atom. The Balaban J connectivity index is 2.78. The minimum absolute atomic E-state index is 0.611. The lowest BCUT2D eigenvalue weighted by Gasteiger charge is -1.97. The van der Waals surface area contributed by atoms with E-state index >= 15 is 0 Å². The average molecular weight is 156 g/mol. The topological polar surface area (TPSA) is 9.23 Å². The number of hydrogen-bond donors (Lipinski definition) is 0. The molecule has 0 amide bonds. The van der Waals surface area contributed by atoms with E-state index in [0.29, 0.717) is 5.92 Å². The predicted octanol–water partition coefficient (Wildman–Crippen LogP) is 2.88. The first kappa shape index (κ1) is 7.61. The molecule has 0 fully saturated rings. The summed E-state index contributed by atoms with van der Waals surface area (Å²) in [5, 5.41) is 3.15. The Hall–Kier alpha value is -0.500. The molecule has 56 valence electrons. The van der Waals surface area contributed by atoms with Crippen LogP contribution < -0.4 is 4.74 Å². The highest BCUT2D eigenvalue weighted by Crippen LogP contribution is 2.27. The van der Waals surface area contributed by atoms with Gasteiger partial charge in [0.15, 0.2) is 5.06 Å². The summed E-state index contributed by atoms with van der Waals surface area (Å²) in [5.74, 6) is 0.611. The lowest BCUT2D eigenvalue weighted by atomic mass is 10.1. The van der Waals surface area contributed by atoms with Gasteiger partial charge in [0.1, 0.15) is 0 Å². The Morgan fingerprint density at radius 2 is 2.20 bits per heavy atom. The van der Waals surface area contributed by atoms with Crippen LogP contribution >= 0.6 is 11.3 Å². The molecule has 0 N–H and O–H groups in total. The smallest absolute Gasteiger partial charge is 0.173 e. The van der Waals surface area contributed by atoms with E-state index in [1.54, 1.807) is 18.4 Å². The van der Waals surface area contributed by atoms with Crippen molar-refractivity contribution in [2.45, 2.75) is 19.8 Å². The zero-order valence-electron chi connectivity index (χ0n) is 6.55. The van der Waals surface area contributed by atoms with Gasteiger partial charge >= 0.3 is 0 Å². The third-order valence-electron chi connectivity index (χ3n) is 1.46. The monoisotopic (exact) mass is 156 g/mol. The molecule has 0 radical (unpaired) electrons. The van der Waals surface area contributed by atoms with Crippen LogP contribution in [0.5, 0.6) is 5.06 Å². The fourth-order valence-corrected chi connectivity index (χ4v) is 1.63. The molecule has 1 rings (SSSR count). The fraction of sp³-hybridized carbons (Fsp3) is 0.500. The molecule has 1 aromatic heterocycles. The van der Waals surface area contributed by atoms with E-state index in [9.17, 15) is 0 Å². The van der Waals surface area contributed by atoms with Crippen LogP contribution in [-0.4, -0.2) is 7.11 Å². The maximum absolute atomic E-state index is 5.06. The van der Waals surface area contributed by atoms with Crippen LogP contribution in [0.15, 0.2) is 11.4 Å². The second kappa shape index (κ2) is 3.06. The zero-order valence-corrected chi connectivity index (χ0v) is 7.37. The van der Waals surface area contributed by atoms with E-state index in [0.717, 1.165) is 5.06 Å². The van der Waals surface area contributed by atoms with Gasteiger partial charge in [-0.05, 0) is 22.9 Å². The largest absolute Gasteiger partial charge is 0.487 e. The summed E-state index contributed by atoms with van der Waals surface area (Å²) < 4.78 is 5.06. The van der Waals surface area contributed by atoms with Gasteiger partial charge in [-0.1, -0.05) is 13.8 Å². The van der Waals surface area contributed by atoms with Crippen molar-refractivity contribution in [3.63, 3.8) is 0 Å². The Kier molecular flexibility index (Phi) is 2.33. The van der Waals surface area contributed by atoms with Gasteiger partial charge in [-0.25, -0.2) is 0 Å². The zero-order chi connectivity index (χ0) is 7.56. The van der Waals surface area contributed by atoms with Crippen molar-refractivity contribution in [1.29, 1.82) is 0 Å². The molecular formula is C8H12OS. The predicted molar refractivity (Wildman–Crippen MR) is 45.0 cm³/mol. The summed E-state index contributed by atoms with van der Waals surface area (Å²) in [7, 11) is 1.70. The van der Waals surface area contributed by atoms with Crippen molar-refractivity contribution in [2.24, 2.45) is 0 Å². The van der Waals surface area contributed by atoms with Gasteiger partial charge in [-0.3, -0.25) is 0 Å². The van der Waals surface area contributed by atoms with Crippen molar-refractivity contribution in [3.8, 4) is 5.06 Å². The number of hydrogen-bond acceptors (Lipinski definition) is 2. The van der Waals surface area contributed by atoms with Crippen LogP contribution in [0.4, 0.5) is 0 Å². The molecule has 0 saturated heterocycles. The molecule has 0 aromatic carbocycles. The van der Waals surface area contributed by atoms with Crippen molar-refractivity contribution in [3.05, 3.63) is 17.0 Å². The molecule has 1 heterocycles. The first-order valence-electron chi connectivity index (χ1n) is 3.36. The van der Waals surface area contributed by atoms with Gasteiger partial charge in [0.25, 0.3) is 0 Å². The molecule has 0 saturated carbocycles. The average Bonchev–Trinajstić information content (AvgIpc) is 2.34. The minimum atomic E-state index is 0.611. The molecule has 0 aliphatic heterocycles. The second-order valence-corrected chi connectivity index (χ2v) is 3.43. The van der Waals surface area contributed by atoms with Crippen LogP contribution in [-0.2, 0) is 0 Å². The van der Waals surface area contributed by atoms with Crippen molar-refractivity contribution < 1.29 is 4.74 Å². The van der Waals surface area contributed by atoms with E-state index in [-0.39, 0.29) is 0 Å². The first-order valence-corrected chi connectivity index (χ1v) is 4.24. The Labute approximate surface area is 65.6 Å². The lowest BCUT2D eigenvalue weighted by molar-refractivity contribution is 0.426. The Morgan fingerprint density at radius 1 is 1.50 bits per heavy atom. The van der Waals surface area contributed by atoms with Gasteiger partial charge in [0.2, 0.25) is 0 Å². The van der Waals surface area contributed by atoms with Crippen LogP contribution in [0.3, 0.4) is 0 Å². The maximum Gasteiger partial charge on any atom is 0.173 e. The van der Waals surface area contributed by atoms with Gasteiger partial charge in [-0.15, -0.1) is 11.3 Å². The number of ether oxygens (including phenoxy) is 1. The molecule has 1 aromatic rings.